The van der Waals surface area contributed by atoms with Crippen LogP contribution in [-0.4, -0.2) is 26.7 Å². The number of rotatable bonds is 10. The Kier molecular flexibility index (Phi) is 7.17. The summed E-state index contributed by atoms with van der Waals surface area (Å²) >= 11 is 1.52. The van der Waals surface area contributed by atoms with Crippen LogP contribution >= 0.6 is 11.3 Å². The van der Waals surface area contributed by atoms with Crippen LogP contribution in [0.4, 0.5) is 13.2 Å². The number of benzene rings is 1. The minimum atomic E-state index is -4.70. The highest BCUT2D eigenvalue weighted by Crippen LogP contribution is 2.35. The largest absolute Gasteiger partial charge is 0.573 e. The molecule has 1 fully saturated rings. The normalized spacial score (nSPS) is 15.3. The number of aryl methyl sites for hydroxylation is 2. The second-order valence-corrected chi connectivity index (χ2v) is 9.73. The molecule has 0 bridgehead atoms. The van der Waals surface area contributed by atoms with Crippen LogP contribution in [0.5, 0.6) is 5.75 Å². The fraction of sp³-hybridized carbons (Fsp3) is 0.458. The summed E-state index contributed by atoms with van der Waals surface area (Å²) in [5, 5.41) is 0.749. The monoisotopic (exact) mass is 477 g/mol. The SMILES string of the molecule is Cn1cnc(C(=O)C(CCCc2cnc(-c3ccc(OC(F)(F)F)cc3)s2)CC2CCC2)c1. The molecular weight excluding hydrogens is 451 g/mol. The van der Waals surface area contributed by atoms with E-state index in [2.05, 4.69) is 14.7 Å². The molecule has 1 aliphatic carbocycles. The van der Waals surface area contributed by atoms with Gasteiger partial charge < -0.3 is 9.30 Å². The van der Waals surface area contributed by atoms with Crippen molar-refractivity contribution in [1.29, 1.82) is 0 Å². The number of carbonyl (C=O) groups excluding carboxylic acids is 1. The van der Waals surface area contributed by atoms with E-state index in [-0.39, 0.29) is 17.5 Å². The molecule has 1 saturated carbocycles. The van der Waals surface area contributed by atoms with E-state index in [0.29, 0.717) is 11.6 Å². The molecule has 5 nitrogen and oxygen atoms in total. The van der Waals surface area contributed by atoms with Gasteiger partial charge >= 0.3 is 6.36 Å². The third kappa shape index (κ3) is 6.43. The quantitative estimate of drug-likeness (QED) is 0.315. The Bertz CT molecular complexity index is 1070. The van der Waals surface area contributed by atoms with Crippen molar-refractivity contribution in [3.8, 4) is 16.3 Å². The zero-order valence-electron chi connectivity index (χ0n) is 18.3. The lowest BCUT2D eigenvalue weighted by molar-refractivity contribution is -0.274. The van der Waals surface area contributed by atoms with Gasteiger partial charge in [-0.25, -0.2) is 9.97 Å². The molecule has 1 aliphatic rings. The van der Waals surface area contributed by atoms with E-state index in [4.69, 9.17) is 0 Å². The van der Waals surface area contributed by atoms with Crippen molar-refractivity contribution in [2.24, 2.45) is 18.9 Å². The number of Topliss-reactive ketones (excluding diaryl/α,β-unsaturated/α-hetero) is 1. The van der Waals surface area contributed by atoms with Crippen molar-refractivity contribution in [3.05, 3.63) is 53.6 Å². The molecule has 0 N–H and O–H groups in total. The molecule has 0 amide bonds. The third-order valence-corrected chi connectivity index (χ3v) is 7.14. The molecule has 0 saturated heterocycles. The number of hydrogen-bond acceptors (Lipinski definition) is 5. The van der Waals surface area contributed by atoms with Gasteiger partial charge in [0.1, 0.15) is 16.5 Å². The first-order valence-electron chi connectivity index (χ1n) is 11.1. The van der Waals surface area contributed by atoms with Gasteiger partial charge in [-0.05, 0) is 55.9 Å². The standard InChI is InChI=1S/C24H26F3N3O2S/c1-30-14-21(29-15-30)22(31)18(12-16-4-2-5-16)6-3-7-20-13-28-23(33-20)17-8-10-19(11-9-17)32-24(25,26)27/h8-11,13-16,18H,2-7,12H2,1H3. The average Bonchev–Trinajstić information content (AvgIpc) is 3.37. The third-order valence-electron chi connectivity index (χ3n) is 6.03. The number of aromatic nitrogens is 3. The molecule has 0 radical (unpaired) electrons. The number of nitrogens with zero attached hydrogens (tertiary/aromatic N) is 3. The number of hydrogen-bond donors (Lipinski definition) is 0. The van der Waals surface area contributed by atoms with Crippen LogP contribution in [0, 0.1) is 11.8 Å². The Morgan fingerprint density at radius 1 is 1.24 bits per heavy atom. The van der Waals surface area contributed by atoms with E-state index in [1.807, 2.05) is 13.2 Å². The van der Waals surface area contributed by atoms with Crippen molar-refractivity contribution in [3.63, 3.8) is 0 Å². The molecule has 0 aliphatic heterocycles. The molecule has 9 heteroatoms. The Morgan fingerprint density at radius 2 is 2.00 bits per heavy atom. The highest BCUT2D eigenvalue weighted by atomic mass is 32.1. The van der Waals surface area contributed by atoms with E-state index in [0.717, 1.165) is 41.1 Å². The van der Waals surface area contributed by atoms with E-state index in [1.165, 1.54) is 42.7 Å². The Hall–Kier alpha value is -2.68. The molecule has 176 valence electrons. The molecule has 4 rings (SSSR count). The van der Waals surface area contributed by atoms with Crippen LogP contribution in [0.2, 0.25) is 0 Å². The maximum Gasteiger partial charge on any atom is 0.573 e. The van der Waals surface area contributed by atoms with Crippen LogP contribution in [0.1, 0.15) is 53.9 Å². The number of imidazole rings is 1. The van der Waals surface area contributed by atoms with Crippen molar-refractivity contribution >= 4 is 17.1 Å². The predicted molar refractivity (Wildman–Crippen MR) is 120 cm³/mol. The minimum absolute atomic E-state index is 0.0150. The summed E-state index contributed by atoms with van der Waals surface area (Å²) < 4.78 is 42.7. The van der Waals surface area contributed by atoms with Gasteiger partial charge in [0, 0.05) is 35.8 Å². The summed E-state index contributed by atoms with van der Waals surface area (Å²) in [5.41, 5.74) is 1.29. The zero-order chi connectivity index (χ0) is 23.4. The smallest absolute Gasteiger partial charge is 0.406 e. The summed E-state index contributed by atoms with van der Waals surface area (Å²) in [6.45, 7) is 0. The number of ketones is 1. The van der Waals surface area contributed by atoms with Crippen molar-refractivity contribution < 1.29 is 22.7 Å². The second kappa shape index (κ2) is 10.1. The molecule has 2 heterocycles. The Morgan fingerprint density at radius 3 is 2.61 bits per heavy atom. The number of alkyl halides is 3. The minimum Gasteiger partial charge on any atom is -0.406 e. The van der Waals surface area contributed by atoms with Gasteiger partial charge in [0.15, 0.2) is 5.78 Å². The van der Waals surface area contributed by atoms with Crippen molar-refractivity contribution in [1.82, 2.24) is 14.5 Å². The van der Waals surface area contributed by atoms with E-state index in [1.54, 1.807) is 29.2 Å². The van der Waals surface area contributed by atoms with Gasteiger partial charge in [0.25, 0.3) is 0 Å². The Balaban J connectivity index is 1.34. The van der Waals surface area contributed by atoms with Crippen LogP contribution in [-0.2, 0) is 13.5 Å². The summed E-state index contributed by atoms with van der Waals surface area (Å²) in [5.74, 6) is 0.507. The predicted octanol–water partition coefficient (Wildman–Crippen LogP) is 6.45. The van der Waals surface area contributed by atoms with Gasteiger partial charge in [-0.15, -0.1) is 24.5 Å². The molecule has 33 heavy (non-hydrogen) atoms. The van der Waals surface area contributed by atoms with Gasteiger partial charge in [-0.2, -0.15) is 0 Å². The lowest BCUT2D eigenvalue weighted by Crippen LogP contribution is -2.22. The van der Waals surface area contributed by atoms with E-state index >= 15 is 0 Å². The lowest BCUT2D eigenvalue weighted by atomic mass is 9.76. The van der Waals surface area contributed by atoms with E-state index in [9.17, 15) is 18.0 Å². The second-order valence-electron chi connectivity index (χ2n) is 8.61. The topological polar surface area (TPSA) is 57.0 Å². The molecule has 2 aromatic heterocycles. The molecule has 0 spiro atoms. The first kappa shape index (κ1) is 23.5. The lowest BCUT2D eigenvalue weighted by Gasteiger charge is -2.29. The van der Waals surface area contributed by atoms with Crippen LogP contribution < -0.4 is 4.74 Å². The highest BCUT2D eigenvalue weighted by molar-refractivity contribution is 7.15. The zero-order valence-corrected chi connectivity index (χ0v) is 19.2. The van der Waals surface area contributed by atoms with Crippen molar-refractivity contribution in [2.45, 2.75) is 51.3 Å². The van der Waals surface area contributed by atoms with Crippen LogP contribution in [0.25, 0.3) is 10.6 Å². The fourth-order valence-electron chi connectivity index (χ4n) is 4.11. The molecule has 1 atom stereocenters. The number of ether oxygens (including phenoxy) is 1. The number of thiazole rings is 1. The van der Waals surface area contributed by atoms with Gasteiger partial charge in [-0.1, -0.05) is 19.3 Å². The van der Waals surface area contributed by atoms with Gasteiger partial charge in [0.2, 0.25) is 0 Å². The van der Waals surface area contributed by atoms with E-state index < -0.39 is 6.36 Å². The number of halogens is 3. The molecular formula is C24H26F3N3O2S. The molecule has 1 aromatic carbocycles. The summed E-state index contributed by atoms with van der Waals surface area (Å²) in [7, 11) is 1.86. The first-order valence-corrected chi connectivity index (χ1v) is 11.9. The fourth-order valence-corrected chi connectivity index (χ4v) is 5.07. The first-order chi connectivity index (χ1) is 15.8. The van der Waals surface area contributed by atoms with Gasteiger partial charge in [0.05, 0.1) is 6.33 Å². The molecule has 3 aromatic rings. The average molecular weight is 478 g/mol. The maximum atomic E-state index is 13.0. The summed E-state index contributed by atoms with van der Waals surface area (Å²) in [6.07, 6.45) is 7.63. The van der Waals surface area contributed by atoms with Gasteiger partial charge in [-0.3, -0.25) is 4.79 Å². The number of carbonyl (C=O) groups is 1. The van der Waals surface area contributed by atoms with Crippen LogP contribution in [0.3, 0.4) is 0 Å². The highest BCUT2D eigenvalue weighted by Gasteiger charge is 2.31. The summed E-state index contributed by atoms with van der Waals surface area (Å²) in [4.78, 5) is 22.8. The molecule has 1 unspecified atom stereocenters. The summed E-state index contributed by atoms with van der Waals surface area (Å²) in [6, 6.07) is 5.73. The maximum absolute atomic E-state index is 13.0. The van der Waals surface area contributed by atoms with Crippen molar-refractivity contribution in [2.75, 3.05) is 0 Å². The Labute approximate surface area is 194 Å². The van der Waals surface area contributed by atoms with Crippen LogP contribution in [0.15, 0.2) is 43.0 Å².